The highest BCUT2D eigenvalue weighted by Crippen LogP contribution is 2.34. The molecule has 7 nitrogen and oxygen atoms in total. The number of phenols is 1. The fourth-order valence-electron chi connectivity index (χ4n) is 2.60. The predicted octanol–water partition coefficient (Wildman–Crippen LogP) is 3.79. The van der Waals surface area contributed by atoms with E-state index >= 15 is 0 Å². The number of imide groups is 2. The number of amides is 4. The second kappa shape index (κ2) is 7.65. The third kappa shape index (κ3) is 3.61. The predicted molar refractivity (Wildman–Crippen MR) is 108 cm³/mol. The molecular formula is C19H14BrClN2O5. The smallest absolute Gasteiger partial charge is 0.335 e. The van der Waals surface area contributed by atoms with Gasteiger partial charge in [0.15, 0.2) is 11.5 Å². The van der Waals surface area contributed by atoms with Gasteiger partial charge in [0.1, 0.15) is 5.57 Å². The minimum Gasteiger partial charge on any atom is -0.504 e. The van der Waals surface area contributed by atoms with E-state index in [1.165, 1.54) is 31.4 Å². The number of anilines is 1. The first-order valence-electron chi connectivity index (χ1n) is 7.97. The molecule has 2 aromatic rings. The van der Waals surface area contributed by atoms with Crippen LogP contribution in [-0.4, -0.2) is 30.1 Å². The molecular weight excluding hydrogens is 452 g/mol. The molecule has 2 N–H and O–H groups in total. The average Bonchev–Trinajstić information content (AvgIpc) is 2.63. The lowest BCUT2D eigenvalue weighted by atomic mass is 10.1. The summed E-state index contributed by atoms with van der Waals surface area (Å²) in [6.45, 7) is 1.79. The molecule has 28 heavy (non-hydrogen) atoms. The van der Waals surface area contributed by atoms with Crippen LogP contribution in [0, 0.1) is 6.92 Å². The normalized spacial score (nSPS) is 15.8. The number of nitrogens with one attached hydrogen (secondary N) is 1. The number of benzene rings is 2. The maximum Gasteiger partial charge on any atom is 0.335 e. The van der Waals surface area contributed by atoms with E-state index in [0.29, 0.717) is 15.1 Å². The minimum absolute atomic E-state index is 0.109. The number of rotatable bonds is 3. The van der Waals surface area contributed by atoms with Crippen LogP contribution in [-0.2, 0) is 9.59 Å². The molecule has 0 saturated carbocycles. The first kappa shape index (κ1) is 19.9. The number of ether oxygens (including phenoxy) is 1. The van der Waals surface area contributed by atoms with Crippen molar-refractivity contribution < 1.29 is 24.2 Å². The number of urea groups is 1. The van der Waals surface area contributed by atoms with Gasteiger partial charge in [-0.2, -0.15) is 0 Å². The van der Waals surface area contributed by atoms with Gasteiger partial charge in [0.25, 0.3) is 11.8 Å². The standard InChI is InChI=1S/C19H14BrClN2O5/c1-9-3-4-11(7-14(9)21)23-18(26)12(17(25)22-19(23)27)5-10-6-16(28-2)15(24)8-13(10)20/h3-8,24H,1-2H3,(H,22,25,27). The Balaban J connectivity index is 2.07. The summed E-state index contributed by atoms with van der Waals surface area (Å²) in [5, 5.41) is 12.3. The Labute approximate surface area is 173 Å². The van der Waals surface area contributed by atoms with Crippen molar-refractivity contribution in [2.75, 3.05) is 12.0 Å². The number of aromatic hydroxyl groups is 1. The fourth-order valence-corrected chi connectivity index (χ4v) is 3.22. The summed E-state index contributed by atoms with van der Waals surface area (Å²) in [7, 11) is 1.37. The maximum atomic E-state index is 12.9. The van der Waals surface area contributed by atoms with Crippen LogP contribution in [0.5, 0.6) is 11.5 Å². The quantitative estimate of drug-likeness (QED) is 0.531. The highest BCUT2D eigenvalue weighted by atomic mass is 79.9. The van der Waals surface area contributed by atoms with Crippen molar-refractivity contribution in [1.82, 2.24) is 5.32 Å². The zero-order valence-electron chi connectivity index (χ0n) is 14.7. The van der Waals surface area contributed by atoms with Gasteiger partial charge >= 0.3 is 6.03 Å². The van der Waals surface area contributed by atoms with E-state index < -0.39 is 17.8 Å². The van der Waals surface area contributed by atoms with Gasteiger partial charge in [-0.3, -0.25) is 14.9 Å². The van der Waals surface area contributed by atoms with Gasteiger partial charge in [0.05, 0.1) is 12.8 Å². The molecule has 4 amide bonds. The molecule has 1 heterocycles. The first-order chi connectivity index (χ1) is 13.2. The van der Waals surface area contributed by atoms with E-state index in [-0.39, 0.29) is 22.8 Å². The molecule has 0 atom stereocenters. The van der Waals surface area contributed by atoms with E-state index in [2.05, 4.69) is 21.2 Å². The summed E-state index contributed by atoms with van der Waals surface area (Å²) in [5.41, 5.74) is 1.16. The average molecular weight is 466 g/mol. The molecule has 1 fully saturated rings. The molecule has 0 aliphatic carbocycles. The van der Waals surface area contributed by atoms with Crippen molar-refractivity contribution in [3.63, 3.8) is 0 Å². The SMILES string of the molecule is COc1cc(C=C2C(=O)NC(=O)N(c3ccc(C)c(Cl)c3)C2=O)c(Br)cc1O. The van der Waals surface area contributed by atoms with Gasteiger partial charge < -0.3 is 9.84 Å². The number of aryl methyl sites for hydroxylation is 1. The Morgan fingerprint density at radius 1 is 1.21 bits per heavy atom. The molecule has 1 saturated heterocycles. The van der Waals surface area contributed by atoms with Gasteiger partial charge in [-0.25, -0.2) is 9.69 Å². The lowest BCUT2D eigenvalue weighted by Crippen LogP contribution is -2.54. The first-order valence-corrected chi connectivity index (χ1v) is 9.14. The van der Waals surface area contributed by atoms with Crippen LogP contribution in [0.25, 0.3) is 6.08 Å². The van der Waals surface area contributed by atoms with Gasteiger partial charge in [-0.1, -0.05) is 33.6 Å². The molecule has 3 rings (SSSR count). The molecule has 0 spiro atoms. The summed E-state index contributed by atoms with van der Waals surface area (Å²) < 4.78 is 5.48. The van der Waals surface area contributed by atoms with E-state index in [0.717, 1.165) is 10.5 Å². The van der Waals surface area contributed by atoms with Crippen molar-refractivity contribution >= 4 is 57.1 Å². The van der Waals surface area contributed by atoms with Gasteiger partial charge in [-0.05, 0) is 48.4 Å². The van der Waals surface area contributed by atoms with Crippen LogP contribution >= 0.6 is 27.5 Å². The zero-order chi connectivity index (χ0) is 20.6. The van der Waals surface area contributed by atoms with E-state index in [1.807, 2.05) is 0 Å². The van der Waals surface area contributed by atoms with Crippen molar-refractivity contribution in [2.45, 2.75) is 6.92 Å². The lowest BCUT2D eigenvalue weighted by Gasteiger charge is -2.26. The third-order valence-electron chi connectivity index (χ3n) is 4.11. The monoisotopic (exact) mass is 464 g/mol. The van der Waals surface area contributed by atoms with Crippen LogP contribution in [0.4, 0.5) is 10.5 Å². The second-order valence-electron chi connectivity index (χ2n) is 5.94. The summed E-state index contributed by atoms with van der Waals surface area (Å²) >= 11 is 9.36. The number of barbiturate groups is 1. The third-order valence-corrected chi connectivity index (χ3v) is 5.21. The maximum absolute atomic E-state index is 12.9. The summed E-state index contributed by atoms with van der Waals surface area (Å²) in [6.07, 6.45) is 1.30. The number of hydrogen-bond acceptors (Lipinski definition) is 5. The van der Waals surface area contributed by atoms with Gasteiger partial charge in [0, 0.05) is 9.50 Å². The van der Waals surface area contributed by atoms with Gasteiger partial charge in [-0.15, -0.1) is 0 Å². The Bertz CT molecular complexity index is 1050. The number of hydrogen-bond donors (Lipinski definition) is 2. The number of carbonyl (C=O) groups is 3. The second-order valence-corrected chi connectivity index (χ2v) is 7.20. The topological polar surface area (TPSA) is 95.9 Å². The fraction of sp³-hybridized carbons (Fsp3) is 0.105. The van der Waals surface area contributed by atoms with Crippen molar-refractivity contribution in [3.8, 4) is 11.5 Å². The highest BCUT2D eigenvalue weighted by molar-refractivity contribution is 9.10. The molecule has 144 valence electrons. The number of halogens is 2. The number of carbonyl (C=O) groups excluding carboxylic acids is 3. The summed E-state index contributed by atoms with van der Waals surface area (Å²) in [4.78, 5) is 38.3. The number of nitrogens with zero attached hydrogens (tertiary/aromatic N) is 1. The summed E-state index contributed by atoms with van der Waals surface area (Å²) in [5.74, 6) is -1.57. The van der Waals surface area contributed by atoms with Crippen LogP contribution in [0.2, 0.25) is 5.02 Å². The molecule has 0 radical (unpaired) electrons. The van der Waals surface area contributed by atoms with Gasteiger partial charge in [0.2, 0.25) is 0 Å². The Hall–Kier alpha value is -2.84. The van der Waals surface area contributed by atoms with E-state index in [9.17, 15) is 19.5 Å². The summed E-state index contributed by atoms with van der Waals surface area (Å²) in [6, 6.07) is 6.66. The highest BCUT2D eigenvalue weighted by Gasteiger charge is 2.37. The van der Waals surface area contributed by atoms with E-state index in [4.69, 9.17) is 16.3 Å². The van der Waals surface area contributed by atoms with E-state index in [1.54, 1.807) is 19.1 Å². The zero-order valence-corrected chi connectivity index (χ0v) is 17.1. The molecule has 1 aliphatic rings. The lowest BCUT2D eigenvalue weighted by molar-refractivity contribution is -0.122. The number of phenolic OH excluding ortho intramolecular Hbond substituents is 1. The van der Waals surface area contributed by atoms with Crippen LogP contribution in [0.15, 0.2) is 40.4 Å². The Morgan fingerprint density at radius 3 is 2.57 bits per heavy atom. The molecule has 2 aromatic carbocycles. The molecule has 0 aromatic heterocycles. The molecule has 9 heteroatoms. The molecule has 0 unspecified atom stereocenters. The molecule has 1 aliphatic heterocycles. The van der Waals surface area contributed by atoms with Crippen molar-refractivity contribution in [2.24, 2.45) is 0 Å². The number of methoxy groups -OCH3 is 1. The van der Waals surface area contributed by atoms with Crippen molar-refractivity contribution in [1.29, 1.82) is 0 Å². The Morgan fingerprint density at radius 2 is 1.93 bits per heavy atom. The van der Waals surface area contributed by atoms with Crippen molar-refractivity contribution in [3.05, 3.63) is 56.5 Å². The largest absolute Gasteiger partial charge is 0.504 e. The van der Waals surface area contributed by atoms with Crippen LogP contribution in [0.3, 0.4) is 0 Å². The molecule has 0 bridgehead atoms. The van der Waals surface area contributed by atoms with Crippen LogP contribution < -0.4 is 15.0 Å². The van der Waals surface area contributed by atoms with Crippen LogP contribution in [0.1, 0.15) is 11.1 Å². The minimum atomic E-state index is -0.866. The Kier molecular flexibility index (Phi) is 5.44.